The molecule has 13 heavy (non-hydrogen) atoms. The second-order valence-corrected chi connectivity index (χ2v) is 4.27. The molecule has 2 rings (SSSR count). The van der Waals surface area contributed by atoms with Crippen molar-refractivity contribution >= 4 is 33.3 Å². The third kappa shape index (κ3) is 1.41. The number of benzene rings is 1. The van der Waals surface area contributed by atoms with Crippen LogP contribution in [0.5, 0.6) is 0 Å². The summed E-state index contributed by atoms with van der Waals surface area (Å²) in [7, 11) is -0.728. The predicted octanol–water partition coefficient (Wildman–Crippen LogP) is 0.653. The average Bonchev–Trinajstić information content (AvgIpc) is 2.12. The van der Waals surface area contributed by atoms with E-state index in [0.29, 0.717) is 0 Å². The van der Waals surface area contributed by atoms with Crippen molar-refractivity contribution in [3.63, 3.8) is 0 Å². The maximum Gasteiger partial charge on any atom is 0.0423 e. The van der Waals surface area contributed by atoms with Crippen molar-refractivity contribution < 1.29 is 4.55 Å². The van der Waals surface area contributed by atoms with Gasteiger partial charge in [-0.3, -0.25) is 0 Å². The van der Waals surface area contributed by atoms with E-state index in [0.717, 1.165) is 21.7 Å². The third-order valence-corrected chi connectivity index (χ3v) is 3.07. The molecule has 0 amide bonds. The smallest absolute Gasteiger partial charge is 0.0423 e. The topological polar surface area (TPSA) is 46.2 Å². The molecule has 0 radical (unpaired) electrons. The normalized spacial score (nSPS) is 19.4. The zero-order valence-corrected chi connectivity index (χ0v) is 8.14. The van der Waals surface area contributed by atoms with Crippen LogP contribution in [-0.4, -0.2) is 9.92 Å². The summed E-state index contributed by atoms with van der Waals surface area (Å²) in [5.41, 5.74) is 7.79. The summed E-state index contributed by atoms with van der Waals surface area (Å²) in [6.45, 7) is 1.98. The first kappa shape index (κ1) is 8.53. The monoisotopic (exact) mass is 193 g/mol. The molecule has 2 nitrogen and oxygen atoms in total. The molecule has 0 spiro atoms. The fourth-order valence-corrected chi connectivity index (χ4v) is 2.18. The van der Waals surface area contributed by atoms with Gasteiger partial charge < -0.3 is 10.3 Å². The van der Waals surface area contributed by atoms with Gasteiger partial charge in [0.05, 0.1) is 0 Å². The van der Waals surface area contributed by atoms with E-state index in [2.05, 4.69) is 0 Å². The maximum atomic E-state index is 9.36. The lowest BCUT2D eigenvalue weighted by Crippen LogP contribution is -2.29. The second kappa shape index (κ2) is 3.01. The van der Waals surface area contributed by atoms with Crippen molar-refractivity contribution in [1.82, 2.24) is 0 Å². The fourth-order valence-electron chi connectivity index (χ4n) is 1.36. The van der Waals surface area contributed by atoms with Crippen molar-refractivity contribution in [2.24, 2.45) is 0 Å². The van der Waals surface area contributed by atoms with Gasteiger partial charge >= 0.3 is 0 Å². The lowest BCUT2D eigenvalue weighted by molar-refractivity contribution is 0.670. The molecule has 0 saturated carbocycles. The molecule has 1 atom stereocenters. The Hall–Kier alpha value is -1.06. The van der Waals surface area contributed by atoms with E-state index in [-0.39, 0.29) is 0 Å². The van der Waals surface area contributed by atoms with Gasteiger partial charge in [-0.25, -0.2) is 0 Å². The molecule has 3 heteroatoms. The van der Waals surface area contributed by atoms with E-state index in [4.69, 9.17) is 5.73 Å². The molecule has 0 saturated heterocycles. The summed E-state index contributed by atoms with van der Waals surface area (Å²) in [6, 6.07) is 3.96. The van der Waals surface area contributed by atoms with Crippen LogP contribution in [0.2, 0.25) is 0 Å². The highest BCUT2D eigenvalue weighted by atomic mass is 32.2. The first-order valence-electron chi connectivity index (χ1n) is 4.01. The molecule has 0 bridgehead atoms. The third-order valence-electron chi connectivity index (χ3n) is 2.16. The lowest BCUT2D eigenvalue weighted by atomic mass is 10.1. The number of hydrogen-bond donors (Lipinski definition) is 2. The summed E-state index contributed by atoms with van der Waals surface area (Å²) >= 11 is 0. The maximum absolute atomic E-state index is 9.36. The first-order chi connectivity index (χ1) is 6.18. The molecule has 0 aliphatic carbocycles. The summed E-state index contributed by atoms with van der Waals surface area (Å²) < 4.78 is 9.36. The van der Waals surface area contributed by atoms with Crippen molar-refractivity contribution in [3.05, 3.63) is 28.1 Å². The number of nitrogen functional groups attached to an aromatic ring is 1. The van der Waals surface area contributed by atoms with Crippen molar-refractivity contribution in [3.8, 4) is 0 Å². The van der Waals surface area contributed by atoms with Crippen LogP contribution in [0.4, 0.5) is 5.69 Å². The highest BCUT2D eigenvalue weighted by Crippen LogP contribution is 2.09. The molecule has 68 valence electrons. The van der Waals surface area contributed by atoms with Crippen LogP contribution in [0.1, 0.15) is 5.56 Å². The molecule has 0 aromatic heterocycles. The number of hydrogen-bond acceptors (Lipinski definition) is 2. The average molecular weight is 193 g/mol. The van der Waals surface area contributed by atoms with Crippen LogP contribution in [0.15, 0.2) is 12.1 Å². The quantitative estimate of drug-likeness (QED) is 0.469. The van der Waals surface area contributed by atoms with E-state index in [1.165, 1.54) is 0 Å². The van der Waals surface area contributed by atoms with Gasteiger partial charge in [-0.2, -0.15) is 0 Å². The Kier molecular flexibility index (Phi) is 1.98. The first-order valence-corrected chi connectivity index (χ1v) is 5.32. The number of nitrogens with two attached hydrogens (primary N) is 1. The number of aryl methyl sites for hydroxylation is 1. The molecule has 3 N–H and O–H groups in total. The molecular weight excluding hydrogens is 182 g/mol. The van der Waals surface area contributed by atoms with E-state index in [1.54, 1.807) is 5.37 Å². The zero-order chi connectivity index (χ0) is 9.42. The minimum atomic E-state index is -0.728. The minimum Gasteiger partial charge on any atom is -0.398 e. The van der Waals surface area contributed by atoms with Gasteiger partial charge in [-0.15, -0.1) is 0 Å². The SMILES string of the molecule is Cc1ccc2c(c1N)=CC=S(O)C=2. The van der Waals surface area contributed by atoms with Gasteiger partial charge in [0, 0.05) is 10.9 Å². The van der Waals surface area contributed by atoms with Crippen LogP contribution < -0.4 is 16.2 Å². The van der Waals surface area contributed by atoms with Crippen LogP contribution in [0.25, 0.3) is 11.5 Å². The van der Waals surface area contributed by atoms with Gasteiger partial charge in [0.2, 0.25) is 0 Å². The largest absolute Gasteiger partial charge is 0.398 e. The number of anilines is 1. The number of fused-ring (bicyclic) bond motifs is 1. The molecular formula is C10H11NOS. The van der Waals surface area contributed by atoms with Crippen LogP contribution in [0.3, 0.4) is 0 Å². The summed E-state index contributed by atoms with van der Waals surface area (Å²) in [5, 5.41) is 5.64. The van der Waals surface area contributed by atoms with E-state index < -0.39 is 10.8 Å². The van der Waals surface area contributed by atoms with Crippen molar-refractivity contribution in [1.29, 1.82) is 0 Å². The molecule has 0 fully saturated rings. The minimum absolute atomic E-state index is 0.728. The summed E-state index contributed by atoms with van der Waals surface area (Å²) in [4.78, 5) is 0. The zero-order valence-electron chi connectivity index (χ0n) is 7.32. The molecule has 1 aromatic carbocycles. The Morgan fingerprint density at radius 3 is 2.92 bits per heavy atom. The summed E-state index contributed by atoms with van der Waals surface area (Å²) in [5.74, 6) is 0. The Balaban J connectivity index is 2.88. The molecule has 1 aliphatic rings. The Morgan fingerprint density at radius 1 is 1.38 bits per heavy atom. The Morgan fingerprint density at radius 2 is 2.15 bits per heavy atom. The molecule has 1 unspecified atom stereocenters. The standard InChI is InChI=1S/C10H11NOS/c1-7-2-3-8-6-13(12)5-4-9(8)10(7)11/h2-6,12H,11H2,1H3. The molecule has 1 aromatic rings. The van der Waals surface area contributed by atoms with Crippen LogP contribution in [0, 0.1) is 6.92 Å². The Bertz CT molecular complexity index is 502. The van der Waals surface area contributed by atoms with E-state index in [1.807, 2.05) is 30.5 Å². The van der Waals surface area contributed by atoms with Crippen molar-refractivity contribution in [2.75, 3.05) is 5.73 Å². The number of rotatable bonds is 0. The second-order valence-electron chi connectivity index (χ2n) is 3.07. The Labute approximate surface area is 79.1 Å². The highest BCUT2D eigenvalue weighted by Gasteiger charge is 1.99. The van der Waals surface area contributed by atoms with Gasteiger partial charge in [-0.1, -0.05) is 12.1 Å². The van der Waals surface area contributed by atoms with Crippen LogP contribution in [-0.2, 0) is 0 Å². The van der Waals surface area contributed by atoms with Gasteiger partial charge in [0.25, 0.3) is 0 Å². The van der Waals surface area contributed by atoms with Gasteiger partial charge in [-0.05, 0) is 45.3 Å². The highest BCUT2D eigenvalue weighted by molar-refractivity contribution is 8.17. The van der Waals surface area contributed by atoms with Gasteiger partial charge in [0.15, 0.2) is 0 Å². The van der Waals surface area contributed by atoms with E-state index >= 15 is 0 Å². The van der Waals surface area contributed by atoms with Gasteiger partial charge in [0.1, 0.15) is 0 Å². The summed E-state index contributed by atoms with van der Waals surface area (Å²) in [6.07, 6.45) is 1.89. The van der Waals surface area contributed by atoms with Crippen molar-refractivity contribution in [2.45, 2.75) is 6.92 Å². The molecule has 1 heterocycles. The predicted molar refractivity (Wildman–Crippen MR) is 60.1 cm³/mol. The lowest BCUT2D eigenvalue weighted by Gasteiger charge is -2.04. The molecule has 1 aliphatic heterocycles. The van der Waals surface area contributed by atoms with Crippen LogP contribution >= 0.6 is 10.8 Å². The fraction of sp³-hybridized carbons (Fsp3) is 0.100. The van der Waals surface area contributed by atoms with E-state index in [9.17, 15) is 4.55 Å².